The van der Waals surface area contributed by atoms with Crippen LogP contribution < -0.4 is 0 Å². The molecule has 0 aliphatic carbocycles. The first kappa shape index (κ1) is 13.3. The molecule has 0 bridgehead atoms. The van der Waals surface area contributed by atoms with E-state index in [0.29, 0.717) is 5.92 Å². The predicted octanol–water partition coefficient (Wildman–Crippen LogP) is 2.38. The second-order valence-electron chi connectivity index (χ2n) is 4.08. The van der Waals surface area contributed by atoms with Crippen molar-refractivity contribution in [3.63, 3.8) is 0 Å². The van der Waals surface area contributed by atoms with Gasteiger partial charge in [0.15, 0.2) is 0 Å². The van der Waals surface area contributed by atoms with Crippen molar-refractivity contribution in [2.45, 2.75) is 32.8 Å². The Morgan fingerprint density at radius 1 is 1.38 bits per heavy atom. The fraction of sp³-hybridized carbons (Fsp3) is 1.00. The fourth-order valence-corrected chi connectivity index (χ4v) is 0.863. The number of rotatable bonds is 7. The fourth-order valence-electron chi connectivity index (χ4n) is 0.757. The van der Waals surface area contributed by atoms with Crippen molar-refractivity contribution >= 4 is 12.6 Å². The molecule has 13 heavy (non-hydrogen) atoms. The molecule has 1 unspecified atom stereocenters. The lowest BCUT2D eigenvalue weighted by molar-refractivity contribution is -0.0127. The van der Waals surface area contributed by atoms with E-state index in [-0.39, 0.29) is 5.60 Å². The van der Waals surface area contributed by atoms with Gasteiger partial charge in [-0.05, 0) is 31.9 Å². The van der Waals surface area contributed by atoms with Crippen molar-refractivity contribution in [2.24, 2.45) is 5.92 Å². The van der Waals surface area contributed by atoms with E-state index in [0.717, 1.165) is 25.4 Å². The summed E-state index contributed by atoms with van der Waals surface area (Å²) in [5.74, 6) is 1.42. The van der Waals surface area contributed by atoms with Crippen LogP contribution in [0.5, 0.6) is 0 Å². The zero-order valence-corrected chi connectivity index (χ0v) is 10.1. The molecule has 3 heteroatoms. The molecule has 1 atom stereocenters. The lowest BCUT2D eigenvalue weighted by atomic mass is 10.1. The number of methoxy groups -OCH3 is 1. The lowest BCUT2D eigenvalue weighted by Gasteiger charge is -2.22. The van der Waals surface area contributed by atoms with E-state index < -0.39 is 0 Å². The molecule has 80 valence electrons. The van der Waals surface area contributed by atoms with Crippen LogP contribution in [-0.4, -0.2) is 31.7 Å². The van der Waals surface area contributed by atoms with E-state index in [2.05, 4.69) is 33.4 Å². The Balaban J connectivity index is 3.35. The van der Waals surface area contributed by atoms with Gasteiger partial charge < -0.3 is 9.47 Å². The third-order valence-corrected chi connectivity index (χ3v) is 2.74. The molecule has 0 N–H and O–H groups in total. The maximum atomic E-state index is 5.50. The van der Waals surface area contributed by atoms with E-state index in [9.17, 15) is 0 Å². The summed E-state index contributed by atoms with van der Waals surface area (Å²) in [6.07, 6.45) is 0.933. The third-order valence-electron chi connectivity index (χ3n) is 2.12. The highest BCUT2D eigenvalue weighted by atomic mass is 32.1. The second kappa shape index (κ2) is 6.68. The van der Waals surface area contributed by atoms with Crippen LogP contribution >= 0.6 is 12.6 Å². The molecule has 0 rings (SSSR count). The van der Waals surface area contributed by atoms with Crippen LogP contribution in [0.4, 0.5) is 0 Å². The molecule has 0 aromatic heterocycles. The van der Waals surface area contributed by atoms with Gasteiger partial charge >= 0.3 is 0 Å². The van der Waals surface area contributed by atoms with Gasteiger partial charge in [-0.3, -0.25) is 0 Å². The highest BCUT2D eigenvalue weighted by molar-refractivity contribution is 7.80. The molecule has 0 radical (unpaired) electrons. The van der Waals surface area contributed by atoms with Gasteiger partial charge in [-0.1, -0.05) is 6.92 Å². The number of hydrogen-bond acceptors (Lipinski definition) is 3. The van der Waals surface area contributed by atoms with E-state index >= 15 is 0 Å². The molecule has 0 aromatic carbocycles. The van der Waals surface area contributed by atoms with Crippen molar-refractivity contribution in [2.75, 3.05) is 26.1 Å². The normalized spacial score (nSPS) is 14.5. The van der Waals surface area contributed by atoms with Crippen molar-refractivity contribution in [3.05, 3.63) is 0 Å². The molecular weight excluding hydrogens is 184 g/mol. The zero-order valence-electron chi connectivity index (χ0n) is 9.17. The molecular formula is C10H22O2S. The van der Waals surface area contributed by atoms with Crippen molar-refractivity contribution < 1.29 is 9.47 Å². The molecule has 0 aromatic rings. The van der Waals surface area contributed by atoms with Gasteiger partial charge in [-0.25, -0.2) is 0 Å². The van der Waals surface area contributed by atoms with E-state index in [1.807, 2.05) is 0 Å². The van der Waals surface area contributed by atoms with E-state index in [4.69, 9.17) is 9.47 Å². The Labute approximate surface area is 87.4 Å². The highest BCUT2D eigenvalue weighted by Crippen LogP contribution is 2.12. The molecule has 0 heterocycles. The molecule has 0 aliphatic rings. The number of ether oxygens (including phenoxy) is 2. The van der Waals surface area contributed by atoms with E-state index in [1.54, 1.807) is 7.11 Å². The minimum Gasteiger partial charge on any atom is -0.381 e. The number of thiol groups is 1. The standard InChI is InChI=1S/C10H22O2S/c1-9(8-13)7-12-6-5-10(2,3)11-4/h9,13H,5-8H2,1-4H3. The van der Waals surface area contributed by atoms with Gasteiger partial charge in [-0.2, -0.15) is 12.6 Å². The van der Waals surface area contributed by atoms with Gasteiger partial charge in [0.1, 0.15) is 0 Å². The van der Waals surface area contributed by atoms with Crippen LogP contribution in [0.25, 0.3) is 0 Å². The second-order valence-corrected chi connectivity index (χ2v) is 4.44. The Morgan fingerprint density at radius 3 is 2.46 bits per heavy atom. The third kappa shape index (κ3) is 7.35. The summed E-state index contributed by atoms with van der Waals surface area (Å²) in [6, 6.07) is 0. The van der Waals surface area contributed by atoms with Gasteiger partial charge in [0.2, 0.25) is 0 Å². The molecule has 0 fully saturated rings. The summed E-state index contributed by atoms with van der Waals surface area (Å²) in [4.78, 5) is 0. The van der Waals surface area contributed by atoms with Crippen molar-refractivity contribution in [1.29, 1.82) is 0 Å². The SMILES string of the molecule is COC(C)(C)CCOCC(C)CS. The smallest absolute Gasteiger partial charge is 0.0644 e. The topological polar surface area (TPSA) is 18.5 Å². The van der Waals surface area contributed by atoms with Gasteiger partial charge in [0.25, 0.3) is 0 Å². The molecule has 0 amide bonds. The molecule has 2 nitrogen and oxygen atoms in total. The predicted molar refractivity (Wildman–Crippen MR) is 59.5 cm³/mol. The van der Waals surface area contributed by atoms with Gasteiger partial charge in [0.05, 0.1) is 5.60 Å². The molecule has 0 spiro atoms. The maximum Gasteiger partial charge on any atom is 0.0644 e. The Hall–Kier alpha value is 0.270. The summed E-state index contributed by atoms with van der Waals surface area (Å²) in [5, 5.41) is 0. The Kier molecular flexibility index (Phi) is 6.82. The first-order chi connectivity index (χ1) is 6.02. The average Bonchev–Trinajstić information content (AvgIpc) is 2.12. The summed E-state index contributed by atoms with van der Waals surface area (Å²) < 4.78 is 10.8. The quantitative estimate of drug-likeness (QED) is 0.509. The van der Waals surface area contributed by atoms with Crippen molar-refractivity contribution in [1.82, 2.24) is 0 Å². The largest absolute Gasteiger partial charge is 0.381 e. The Morgan fingerprint density at radius 2 is 2.00 bits per heavy atom. The minimum absolute atomic E-state index is 0.0653. The monoisotopic (exact) mass is 206 g/mol. The number of hydrogen-bond donors (Lipinski definition) is 1. The average molecular weight is 206 g/mol. The van der Waals surface area contributed by atoms with Crippen LogP contribution in [-0.2, 0) is 9.47 Å². The first-order valence-corrected chi connectivity index (χ1v) is 5.39. The molecule has 0 saturated heterocycles. The molecule has 0 aliphatic heterocycles. The van der Waals surface area contributed by atoms with Crippen LogP contribution in [0.2, 0.25) is 0 Å². The Bertz CT molecular complexity index is 126. The van der Waals surface area contributed by atoms with Crippen LogP contribution in [0.15, 0.2) is 0 Å². The summed E-state index contributed by atoms with van der Waals surface area (Å²) in [6.45, 7) is 7.83. The highest BCUT2D eigenvalue weighted by Gasteiger charge is 2.15. The zero-order chi connectivity index (χ0) is 10.3. The van der Waals surface area contributed by atoms with Crippen LogP contribution in [0, 0.1) is 5.92 Å². The van der Waals surface area contributed by atoms with Gasteiger partial charge in [0, 0.05) is 20.3 Å². The van der Waals surface area contributed by atoms with Crippen molar-refractivity contribution in [3.8, 4) is 0 Å². The minimum atomic E-state index is -0.0653. The maximum absolute atomic E-state index is 5.50. The summed E-state index contributed by atoms with van der Waals surface area (Å²) >= 11 is 4.19. The summed E-state index contributed by atoms with van der Waals surface area (Å²) in [7, 11) is 1.73. The van der Waals surface area contributed by atoms with Crippen LogP contribution in [0.3, 0.4) is 0 Å². The van der Waals surface area contributed by atoms with Crippen LogP contribution in [0.1, 0.15) is 27.2 Å². The van der Waals surface area contributed by atoms with E-state index in [1.165, 1.54) is 0 Å². The molecule has 0 saturated carbocycles. The lowest BCUT2D eigenvalue weighted by Crippen LogP contribution is -2.25. The van der Waals surface area contributed by atoms with Gasteiger partial charge in [-0.15, -0.1) is 0 Å². The summed E-state index contributed by atoms with van der Waals surface area (Å²) in [5.41, 5.74) is -0.0653. The first-order valence-electron chi connectivity index (χ1n) is 4.75.